The van der Waals surface area contributed by atoms with E-state index in [1.54, 1.807) is 0 Å². The van der Waals surface area contributed by atoms with E-state index in [4.69, 9.17) is 5.73 Å². The van der Waals surface area contributed by atoms with Crippen LogP contribution in [0, 0.1) is 10.8 Å². The molecule has 0 aromatic rings. The van der Waals surface area contributed by atoms with Crippen molar-refractivity contribution in [3.8, 4) is 0 Å². The first-order chi connectivity index (χ1) is 5.84. The number of nitrogens with two attached hydrogens (primary N) is 1. The highest BCUT2D eigenvalue weighted by atomic mass is 16.4. The third-order valence-corrected chi connectivity index (χ3v) is 3.33. The van der Waals surface area contributed by atoms with Crippen LogP contribution in [0.15, 0.2) is 0 Å². The first-order valence-electron chi connectivity index (χ1n) is 4.83. The van der Waals surface area contributed by atoms with Crippen LogP contribution >= 0.6 is 0 Å². The van der Waals surface area contributed by atoms with Crippen LogP contribution in [0.25, 0.3) is 0 Å². The Morgan fingerprint density at radius 2 is 2.15 bits per heavy atom. The summed E-state index contributed by atoms with van der Waals surface area (Å²) in [5, 5.41) is 9.19. The largest absolute Gasteiger partial charge is 0.481 e. The van der Waals surface area contributed by atoms with Gasteiger partial charge < -0.3 is 10.8 Å². The minimum atomic E-state index is -0.729. The number of carboxylic acid groups (broad SMARTS) is 1. The van der Waals surface area contributed by atoms with Gasteiger partial charge in [-0.15, -0.1) is 0 Å². The minimum Gasteiger partial charge on any atom is -0.481 e. The molecule has 0 bridgehead atoms. The molecule has 3 N–H and O–H groups in total. The molecule has 0 spiro atoms. The molecule has 2 atom stereocenters. The highest BCUT2D eigenvalue weighted by molar-refractivity contribution is 5.76. The van der Waals surface area contributed by atoms with Gasteiger partial charge in [0.05, 0.1) is 5.41 Å². The Balaban J connectivity index is 2.96. The summed E-state index contributed by atoms with van der Waals surface area (Å²) >= 11 is 0. The summed E-state index contributed by atoms with van der Waals surface area (Å²) in [6, 6.07) is -0.190. The molecule has 1 rings (SSSR count). The molecule has 0 heterocycles. The Labute approximate surface area is 79.3 Å². The Bertz CT molecular complexity index is 225. The second-order valence-electron chi connectivity index (χ2n) is 4.97. The van der Waals surface area contributed by atoms with Crippen LogP contribution in [0.2, 0.25) is 0 Å². The van der Waals surface area contributed by atoms with Crippen LogP contribution in [0.1, 0.15) is 40.0 Å². The molecule has 0 aromatic carbocycles. The van der Waals surface area contributed by atoms with Gasteiger partial charge in [-0.25, -0.2) is 0 Å². The van der Waals surface area contributed by atoms with Crippen molar-refractivity contribution in [2.45, 2.75) is 46.1 Å². The average Bonchev–Trinajstić information content (AvgIpc) is 2.21. The monoisotopic (exact) mass is 185 g/mol. The van der Waals surface area contributed by atoms with Crippen molar-refractivity contribution in [1.82, 2.24) is 0 Å². The lowest BCUT2D eigenvalue weighted by Crippen LogP contribution is -2.43. The van der Waals surface area contributed by atoms with E-state index in [1.807, 2.05) is 6.92 Å². The normalized spacial score (nSPS) is 37.7. The molecule has 1 aliphatic rings. The smallest absolute Gasteiger partial charge is 0.311 e. The summed E-state index contributed by atoms with van der Waals surface area (Å²) in [5.41, 5.74) is 5.32. The van der Waals surface area contributed by atoms with Gasteiger partial charge in [0.15, 0.2) is 0 Å². The van der Waals surface area contributed by atoms with Crippen molar-refractivity contribution < 1.29 is 9.90 Å². The van der Waals surface area contributed by atoms with Crippen molar-refractivity contribution in [3.63, 3.8) is 0 Å². The number of carboxylic acids is 1. The van der Waals surface area contributed by atoms with E-state index in [1.165, 1.54) is 0 Å². The fourth-order valence-electron chi connectivity index (χ4n) is 2.62. The third-order valence-electron chi connectivity index (χ3n) is 3.33. The van der Waals surface area contributed by atoms with Crippen molar-refractivity contribution in [2.24, 2.45) is 16.6 Å². The van der Waals surface area contributed by atoms with E-state index < -0.39 is 11.4 Å². The highest BCUT2D eigenvalue weighted by Gasteiger charge is 2.52. The van der Waals surface area contributed by atoms with Gasteiger partial charge >= 0.3 is 5.97 Å². The number of hydrogen-bond acceptors (Lipinski definition) is 2. The van der Waals surface area contributed by atoms with Crippen LogP contribution in [0.5, 0.6) is 0 Å². The van der Waals surface area contributed by atoms with Crippen LogP contribution in [-0.4, -0.2) is 17.1 Å². The molecule has 76 valence electrons. The maximum atomic E-state index is 11.2. The van der Waals surface area contributed by atoms with E-state index in [0.29, 0.717) is 12.8 Å². The number of hydrogen-bond donors (Lipinski definition) is 2. The molecule has 0 radical (unpaired) electrons. The molecular weight excluding hydrogens is 166 g/mol. The zero-order valence-corrected chi connectivity index (χ0v) is 8.63. The molecule has 0 saturated heterocycles. The molecule has 3 heteroatoms. The Morgan fingerprint density at radius 3 is 2.31 bits per heavy atom. The van der Waals surface area contributed by atoms with E-state index >= 15 is 0 Å². The maximum absolute atomic E-state index is 11.2. The minimum absolute atomic E-state index is 0.0772. The van der Waals surface area contributed by atoms with Crippen LogP contribution in [-0.2, 0) is 4.79 Å². The first kappa shape index (κ1) is 10.5. The SMILES string of the molecule is CCC1(C(=O)O)CC(C)(C)CC1N. The first-order valence-corrected chi connectivity index (χ1v) is 4.83. The summed E-state index contributed by atoms with van der Waals surface area (Å²) in [6.45, 7) is 6.09. The third kappa shape index (κ3) is 1.57. The van der Waals surface area contributed by atoms with Crippen LogP contribution in [0.3, 0.4) is 0 Å². The van der Waals surface area contributed by atoms with Gasteiger partial charge in [0.2, 0.25) is 0 Å². The fraction of sp³-hybridized carbons (Fsp3) is 0.900. The second-order valence-corrected chi connectivity index (χ2v) is 4.97. The molecule has 0 aromatic heterocycles. The Hall–Kier alpha value is -0.570. The maximum Gasteiger partial charge on any atom is 0.311 e. The molecule has 0 aliphatic heterocycles. The van der Waals surface area contributed by atoms with Crippen molar-refractivity contribution >= 4 is 5.97 Å². The van der Waals surface area contributed by atoms with Gasteiger partial charge in [0.25, 0.3) is 0 Å². The van der Waals surface area contributed by atoms with E-state index in [-0.39, 0.29) is 11.5 Å². The van der Waals surface area contributed by atoms with E-state index in [9.17, 15) is 9.90 Å². The zero-order valence-electron chi connectivity index (χ0n) is 8.63. The molecular formula is C10H19NO2. The van der Waals surface area contributed by atoms with Crippen molar-refractivity contribution in [3.05, 3.63) is 0 Å². The number of aliphatic carboxylic acids is 1. The molecule has 3 nitrogen and oxygen atoms in total. The summed E-state index contributed by atoms with van der Waals surface area (Å²) in [7, 11) is 0. The van der Waals surface area contributed by atoms with E-state index in [0.717, 1.165) is 6.42 Å². The molecule has 13 heavy (non-hydrogen) atoms. The molecule has 1 aliphatic carbocycles. The predicted molar refractivity (Wildman–Crippen MR) is 51.4 cm³/mol. The lowest BCUT2D eigenvalue weighted by Gasteiger charge is -2.27. The molecule has 1 saturated carbocycles. The highest BCUT2D eigenvalue weighted by Crippen LogP contribution is 2.50. The lowest BCUT2D eigenvalue weighted by atomic mass is 9.78. The summed E-state index contributed by atoms with van der Waals surface area (Å²) in [6.07, 6.45) is 2.15. The van der Waals surface area contributed by atoms with Crippen LogP contribution in [0.4, 0.5) is 0 Å². The quantitative estimate of drug-likeness (QED) is 0.687. The zero-order chi connectivity index (χ0) is 10.3. The second kappa shape index (κ2) is 2.98. The predicted octanol–water partition coefficient (Wildman–Crippen LogP) is 1.61. The van der Waals surface area contributed by atoms with Crippen molar-refractivity contribution in [2.75, 3.05) is 0 Å². The van der Waals surface area contributed by atoms with Crippen molar-refractivity contribution in [1.29, 1.82) is 0 Å². The Kier molecular flexibility index (Phi) is 2.41. The van der Waals surface area contributed by atoms with Gasteiger partial charge in [0.1, 0.15) is 0 Å². The Morgan fingerprint density at radius 1 is 1.62 bits per heavy atom. The molecule has 2 unspecified atom stereocenters. The van der Waals surface area contributed by atoms with Crippen LogP contribution < -0.4 is 5.73 Å². The topological polar surface area (TPSA) is 63.3 Å². The molecule has 1 fully saturated rings. The van der Waals surface area contributed by atoms with E-state index in [2.05, 4.69) is 13.8 Å². The van der Waals surface area contributed by atoms with Gasteiger partial charge in [-0.05, 0) is 24.7 Å². The number of carbonyl (C=O) groups is 1. The molecule has 0 amide bonds. The van der Waals surface area contributed by atoms with Gasteiger partial charge in [-0.3, -0.25) is 4.79 Å². The van der Waals surface area contributed by atoms with Gasteiger partial charge in [-0.1, -0.05) is 20.8 Å². The standard InChI is InChI=1S/C10H19NO2/c1-4-10(8(12)13)6-9(2,3)5-7(10)11/h7H,4-6,11H2,1-3H3,(H,12,13). The lowest BCUT2D eigenvalue weighted by molar-refractivity contribution is -0.150. The van der Waals surface area contributed by atoms with Gasteiger partial charge in [-0.2, -0.15) is 0 Å². The summed E-state index contributed by atoms with van der Waals surface area (Å²) in [5.74, 6) is -0.729. The number of rotatable bonds is 2. The van der Waals surface area contributed by atoms with Gasteiger partial charge in [0, 0.05) is 6.04 Å². The summed E-state index contributed by atoms with van der Waals surface area (Å²) in [4.78, 5) is 11.2. The average molecular weight is 185 g/mol. The fourth-order valence-corrected chi connectivity index (χ4v) is 2.62. The summed E-state index contributed by atoms with van der Waals surface area (Å²) < 4.78 is 0.